The Morgan fingerprint density at radius 3 is 2.06 bits per heavy atom. The van der Waals surface area contributed by atoms with Gasteiger partial charge in [0.15, 0.2) is 0 Å². The van der Waals surface area contributed by atoms with Gasteiger partial charge in [-0.25, -0.2) is 0 Å². The highest BCUT2D eigenvalue weighted by Gasteiger charge is 2.16. The van der Waals surface area contributed by atoms with Crippen molar-refractivity contribution < 1.29 is 0 Å². The van der Waals surface area contributed by atoms with Crippen LogP contribution in [0.1, 0.15) is 17.5 Å². The van der Waals surface area contributed by atoms with Crippen molar-refractivity contribution in [3.05, 3.63) is 120 Å². The van der Waals surface area contributed by atoms with Crippen LogP contribution in [0.3, 0.4) is 0 Å². The molecule has 0 saturated carbocycles. The molecule has 156 valence electrons. The van der Waals surface area contributed by atoms with Crippen LogP contribution < -0.4 is 0 Å². The predicted octanol–water partition coefficient (Wildman–Crippen LogP) is 8.56. The van der Waals surface area contributed by atoms with Crippen molar-refractivity contribution in [2.75, 3.05) is 0 Å². The van der Waals surface area contributed by atoms with Crippen molar-refractivity contribution in [3.63, 3.8) is 0 Å². The second-order valence-electron chi connectivity index (χ2n) is 8.97. The van der Waals surface area contributed by atoms with Gasteiger partial charge in [-0.15, -0.1) is 0 Å². The first-order valence-corrected chi connectivity index (χ1v) is 11.7. The van der Waals surface area contributed by atoms with E-state index in [-0.39, 0.29) is 0 Å². The van der Waals surface area contributed by atoms with Crippen molar-refractivity contribution in [2.24, 2.45) is 0 Å². The molecule has 1 nitrogen and oxygen atoms in total. The van der Waals surface area contributed by atoms with Crippen LogP contribution in [0, 0.1) is 0 Å². The lowest BCUT2D eigenvalue weighted by molar-refractivity contribution is 0.987. The molecule has 5 aromatic carbocycles. The van der Waals surface area contributed by atoms with Crippen LogP contribution in [0.4, 0.5) is 0 Å². The maximum atomic E-state index is 2.45. The summed E-state index contributed by atoms with van der Waals surface area (Å²) in [6.07, 6.45) is 6.81. The Bertz CT molecular complexity index is 1680. The fourth-order valence-electron chi connectivity index (χ4n) is 5.34. The summed E-state index contributed by atoms with van der Waals surface area (Å²) >= 11 is 0. The zero-order valence-corrected chi connectivity index (χ0v) is 18.3. The van der Waals surface area contributed by atoms with Gasteiger partial charge in [-0.1, -0.05) is 78.9 Å². The maximum Gasteiger partial charge on any atom is 0.0547 e. The Morgan fingerprint density at radius 1 is 0.576 bits per heavy atom. The number of fused-ring (bicyclic) bond motifs is 5. The third kappa shape index (κ3) is 2.93. The summed E-state index contributed by atoms with van der Waals surface area (Å²) in [5.41, 5.74) is 9.06. The highest BCUT2D eigenvalue weighted by atomic mass is 15.0. The minimum atomic E-state index is 1.11. The third-order valence-electron chi connectivity index (χ3n) is 7.00. The molecule has 0 bridgehead atoms. The molecule has 0 saturated heterocycles. The average molecular weight is 422 g/mol. The summed E-state index contributed by atoms with van der Waals surface area (Å²) in [4.78, 5) is 0. The number of aryl methyl sites for hydroxylation is 1. The second-order valence-corrected chi connectivity index (χ2v) is 8.97. The topological polar surface area (TPSA) is 4.93 Å². The lowest BCUT2D eigenvalue weighted by Crippen LogP contribution is -1.97. The van der Waals surface area contributed by atoms with Gasteiger partial charge in [0.25, 0.3) is 0 Å². The molecule has 0 atom stereocenters. The molecule has 1 aromatic heterocycles. The molecule has 6 aromatic rings. The molecule has 1 aliphatic rings. The van der Waals surface area contributed by atoms with Gasteiger partial charge in [-0.3, -0.25) is 0 Å². The standard InChI is InChI=1S/C32H23N/c1-2-8-22(9-3-1)23-14-16-28(17-15-23)33-31-20-26-12-6-4-10-24(26)18-29(31)30-19-25-11-5-7-13-27(25)21-32(30)33/h1-6,8-12,14-21H,7,13H2. The first kappa shape index (κ1) is 18.5. The van der Waals surface area contributed by atoms with Crippen molar-refractivity contribution in [3.8, 4) is 16.8 Å². The second kappa shape index (κ2) is 7.21. The fourth-order valence-corrected chi connectivity index (χ4v) is 5.34. The molecule has 1 heteroatoms. The van der Waals surface area contributed by atoms with Crippen molar-refractivity contribution >= 4 is 38.7 Å². The number of hydrogen-bond acceptors (Lipinski definition) is 0. The van der Waals surface area contributed by atoms with Gasteiger partial charge >= 0.3 is 0 Å². The Labute approximate surface area is 193 Å². The molecular formula is C32H23N. The minimum absolute atomic E-state index is 1.11. The molecule has 7 rings (SSSR count). The van der Waals surface area contributed by atoms with E-state index in [1.165, 1.54) is 60.5 Å². The zero-order chi connectivity index (χ0) is 21.8. The van der Waals surface area contributed by atoms with Gasteiger partial charge in [0.2, 0.25) is 0 Å². The summed E-state index contributed by atoms with van der Waals surface area (Å²) in [6.45, 7) is 0. The van der Waals surface area contributed by atoms with E-state index in [0.717, 1.165) is 12.8 Å². The first-order valence-electron chi connectivity index (χ1n) is 11.7. The van der Waals surface area contributed by atoms with E-state index < -0.39 is 0 Å². The summed E-state index contributed by atoms with van der Waals surface area (Å²) in [6, 6.07) is 37.8. The predicted molar refractivity (Wildman–Crippen MR) is 141 cm³/mol. The third-order valence-corrected chi connectivity index (χ3v) is 7.00. The van der Waals surface area contributed by atoms with Crippen molar-refractivity contribution in [1.29, 1.82) is 0 Å². The smallest absolute Gasteiger partial charge is 0.0547 e. The normalized spacial score (nSPS) is 13.1. The van der Waals surface area contributed by atoms with Gasteiger partial charge < -0.3 is 4.57 Å². The summed E-state index contributed by atoms with van der Waals surface area (Å²) < 4.78 is 2.45. The average Bonchev–Trinajstić information content (AvgIpc) is 3.18. The Balaban J connectivity index is 1.53. The number of benzene rings is 5. The molecule has 1 aliphatic carbocycles. The number of hydrogen-bond donors (Lipinski definition) is 0. The van der Waals surface area contributed by atoms with E-state index in [4.69, 9.17) is 0 Å². The van der Waals surface area contributed by atoms with E-state index in [2.05, 4.69) is 120 Å². The van der Waals surface area contributed by atoms with Gasteiger partial charge in [0.1, 0.15) is 0 Å². The van der Waals surface area contributed by atoms with E-state index >= 15 is 0 Å². The minimum Gasteiger partial charge on any atom is -0.309 e. The van der Waals surface area contributed by atoms with Crippen molar-refractivity contribution in [2.45, 2.75) is 12.8 Å². The summed E-state index contributed by atoms with van der Waals surface area (Å²) in [5, 5.41) is 5.21. The van der Waals surface area contributed by atoms with Gasteiger partial charge in [0.05, 0.1) is 11.0 Å². The van der Waals surface area contributed by atoms with E-state index in [1.807, 2.05) is 0 Å². The van der Waals surface area contributed by atoms with Gasteiger partial charge in [0, 0.05) is 16.5 Å². The molecular weight excluding hydrogens is 398 g/mol. The molecule has 0 aliphatic heterocycles. The quantitative estimate of drug-likeness (QED) is 0.264. The molecule has 0 amide bonds. The van der Waals surface area contributed by atoms with E-state index in [9.17, 15) is 0 Å². The largest absolute Gasteiger partial charge is 0.309 e. The van der Waals surface area contributed by atoms with Crippen LogP contribution in [0.15, 0.2) is 109 Å². The molecule has 0 N–H and O–H groups in total. The van der Waals surface area contributed by atoms with Crippen LogP contribution in [-0.4, -0.2) is 4.57 Å². The van der Waals surface area contributed by atoms with Crippen LogP contribution in [0.5, 0.6) is 0 Å². The lowest BCUT2D eigenvalue weighted by Gasteiger charge is -2.13. The molecule has 0 fully saturated rings. The number of nitrogens with zero attached hydrogens (tertiary/aromatic N) is 1. The Morgan fingerprint density at radius 2 is 1.24 bits per heavy atom. The molecule has 1 heterocycles. The monoisotopic (exact) mass is 421 g/mol. The van der Waals surface area contributed by atoms with Crippen LogP contribution in [0.2, 0.25) is 0 Å². The molecule has 33 heavy (non-hydrogen) atoms. The first-order chi connectivity index (χ1) is 16.3. The highest BCUT2D eigenvalue weighted by molar-refractivity contribution is 6.14. The number of rotatable bonds is 2. The van der Waals surface area contributed by atoms with Crippen molar-refractivity contribution in [1.82, 2.24) is 4.57 Å². The van der Waals surface area contributed by atoms with Gasteiger partial charge in [-0.2, -0.15) is 0 Å². The molecule has 0 unspecified atom stereocenters. The van der Waals surface area contributed by atoms with E-state index in [0.29, 0.717) is 0 Å². The van der Waals surface area contributed by atoms with Gasteiger partial charge in [-0.05, 0) is 82.3 Å². The van der Waals surface area contributed by atoms with E-state index in [1.54, 1.807) is 0 Å². The van der Waals surface area contributed by atoms with Crippen LogP contribution in [-0.2, 0) is 6.42 Å². The lowest BCUT2D eigenvalue weighted by atomic mass is 9.95. The summed E-state index contributed by atoms with van der Waals surface area (Å²) in [5.74, 6) is 0. The number of allylic oxidation sites excluding steroid dienone is 1. The Hall–Kier alpha value is -4.10. The maximum absolute atomic E-state index is 2.45. The van der Waals surface area contributed by atoms with Crippen LogP contribution in [0.25, 0.3) is 55.5 Å². The SMILES string of the molecule is C1=Cc2cc3c4cc5ccccc5cc4n(-c4ccc(-c5ccccc5)cc4)c3cc2CC1. The number of aromatic nitrogens is 1. The highest BCUT2D eigenvalue weighted by Crippen LogP contribution is 2.37. The fraction of sp³-hybridized carbons (Fsp3) is 0.0625. The Kier molecular flexibility index (Phi) is 4.04. The summed E-state index contributed by atoms with van der Waals surface area (Å²) in [7, 11) is 0. The zero-order valence-electron chi connectivity index (χ0n) is 18.3. The van der Waals surface area contributed by atoms with Crippen LogP contribution >= 0.6 is 0 Å². The molecule has 0 radical (unpaired) electrons. The molecule has 0 spiro atoms.